The lowest BCUT2D eigenvalue weighted by atomic mass is 9.83. The summed E-state index contributed by atoms with van der Waals surface area (Å²) in [6, 6.07) is 0.368. The molecule has 3 heteroatoms. The van der Waals surface area contributed by atoms with Crippen LogP contribution in [0.5, 0.6) is 0 Å². The van der Waals surface area contributed by atoms with E-state index in [-0.39, 0.29) is 5.60 Å². The van der Waals surface area contributed by atoms with E-state index < -0.39 is 0 Å². The Morgan fingerprint density at radius 1 is 1.50 bits per heavy atom. The van der Waals surface area contributed by atoms with Crippen molar-refractivity contribution >= 4 is 0 Å². The fourth-order valence-corrected chi connectivity index (χ4v) is 2.31. The highest BCUT2D eigenvalue weighted by molar-refractivity contribution is 4.90. The Morgan fingerprint density at radius 3 is 2.64 bits per heavy atom. The first-order chi connectivity index (χ1) is 6.61. The first-order valence-corrected chi connectivity index (χ1v) is 5.42. The molecule has 2 atom stereocenters. The van der Waals surface area contributed by atoms with E-state index >= 15 is 0 Å². The zero-order chi connectivity index (χ0) is 10.6. The molecule has 0 bridgehead atoms. The minimum absolute atomic E-state index is 0.125. The summed E-state index contributed by atoms with van der Waals surface area (Å²) in [6.45, 7) is 6.03. The third kappa shape index (κ3) is 2.69. The Hall–Kier alpha value is -0.120. The summed E-state index contributed by atoms with van der Waals surface area (Å²) in [5, 5.41) is 3.36. The second kappa shape index (κ2) is 5.10. The summed E-state index contributed by atoms with van der Waals surface area (Å²) in [7, 11) is 3.77. The lowest BCUT2D eigenvalue weighted by Gasteiger charge is -2.39. The van der Waals surface area contributed by atoms with Crippen LogP contribution in [0.25, 0.3) is 0 Å². The van der Waals surface area contributed by atoms with Gasteiger partial charge in [0.15, 0.2) is 0 Å². The normalized spacial score (nSPS) is 26.1. The predicted octanol–water partition coefficient (Wildman–Crippen LogP) is 1.43. The summed E-state index contributed by atoms with van der Waals surface area (Å²) in [5.74, 6) is 0.573. The largest absolute Gasteiger partial charge is 0.381 e. The van der Waals surface area contributed by atoms with E-state index in [0.717, 1.165) is 13.2 Å². The minimum Gasteiger partial charge on any atom is -0.381 e. The molecule has 0 aromatic heterocycles. The van der Waals surface area contributed by atoms with Crippen molar-refractivity contribution in [2.75, 3.05) is 27.4 Å². The Bertz CT molecular complexity index is 165. The molecule has 0 aliphatic carbocycles. The molecule has 1 saturated heterocycles. The van der Waals surface area contributed by atoms with Crippen molar-refractivity contribution < 1.29 is 9.47 Å². The monoisotopic (exact) mass is 201 g/mol. The van der Waals surface area contributed by atoms with E-state index in [1.165, 1.54) is 12.8 Å². The van der Waals surface area contributed by atoms with Gasteiger partial charge in [-0.3, -0.25) is 0 Å². The van der Waals surface area contributed by atoms with Gasteiger partial charge in [-0.2, -0.15) is 0 Å². The smallest absolute Gasteiger partial charge is 0.0778 e. The van der Waals surface area contributed by atoms with Crippen molar-refractivity contribution in [2.45, 2.75) is 38.3 Å². The molecule has 1 N–H and O–H groups in total. The highest BCUT2D eigenvalue weighted by Gasteiger charge is 2.35. The van der Waals surface area contributed by atoms with Gasteiger partial charge in [0.05, 0.1) is 12.2 Å². The van der Waals surface area contributed by atoms with Gasteiger partial charge in [0.25, 0.3) is 0 Å². The van der Waals surface area contributed by atoms with E-state index in [1.807, 2.05) is 7.05 Å². The summed E-state index contributed by atoms with van der Waals surface area (Å²) in [4.78, 5) is 0. The molecule has 0 amide bonds. The van der Waals surface area contributed by atoms with Crippen molar-refractivity contribution in [1.29, 1.82) is 0 Å². The highest BCUT2D eigenvalue weighted by atomic mass is 16.5. The molecule has 0 aromatic rings. The minimum atomic E-state index is -0.125. The second-order valence-corrected chi connectivity index (χ2v) is 4.55. The van der Waals surface area contributed by atoms with Crippen LogP contribution in [-0.4, -0.2) is 39.0 Å². The SMILES string of the molecule is CNC(C1CCCOC1)C(C)(C)OC. The van der Waals surface area contributed by atoms with E-state index in [0.29, 0.717) is 12.0 Å². The molecule has 1 rings (SSSR count). The van der Waals surface area contributed by atoms with Crippen LogP contribution in [-0.2, 0) is 9.47 Å². The first-order valence-electron chi connectivity index (χ1n) is 5.42. The van der Waals surface area contributed by atoms with Crippen LogP contribution in [0.4, 0.5) is 0 Å². The van der Waals surface area contributed by atoms with Gasteiger partial charge in [0.1, 0.15) is 0 Å². The van der Waals surface area contributed by atoms with Crippen molar-refractivity contribution in [1.82, 2.24) is 5.32 Å². The van der Waals surface area contributed by atoms with Crippen molar-refractivity contribution in [3.05, 3.63) is 0 Å². The molecular weight excluding hydrogens is 178 g/mol. The van der Waals surface area contributed by atoms with Gasteiger partial charge < -0.3 is 14.8 Å². The Labute approximate surface area is 87.2 Å². The molecule has 0 radical (unpaired) electrons. The summed E-state index contributed by atoms with van der Waals surface area (Å²) >= 11 is 0. The Morgan fingerprint density at radius 2 is 2.21 bits per heavy atom. The Kier molecular flexibility index (Phi) is 4.35. The number of ether oxygens (including phenoxy) is 2. The topological polar surface area (TPSA) is 30.5 Å². The number of rotatable bonds is 4. The lowest BCUT2D eigenvalue weighted by molar-refractivity contribution is -0.0543. The van der Waals surface area contributed by atoms with Crippen molar-refractivity contribution in [2.24, 2.45) is 5.92 Å². The summed E-state index contributed by atoms with van der Waals surface area (Å²) in [6.07, 6.45) is 2.40. The van der Waals surface area contributed by atoms with E-state index in [4.69, 9.17) is 9.47 Å². The van der Waals surface area contributed by atoms with Crippen LogP contribution in [0.3, 0.4) is 0 Å². The third-order valence-electron chi connectivity index (χ3n) is 3.25. The molecule has 84 valence electrons. The first kappa shape index (κ1) is 12.0. The maximum atomic E-state index is 5.53. The number of hydrogen-bond donors (Lipinski definition) is 1. The predicted molar refractivity (Wildman–Crippen MR) is 57.5 cm³/mol. The van der Waals surface area contributed by atoms with Crippen LogP contribution in [0, 0.1) is 5.92 Å². The zero-order valence-electron chi connectivity index (χ0n) is 9.80. The van der Waals surface area contributed by atoms with Crippen molar-refractivity contribution in [3.63, 3.8) is 0 Å². The molecule has 0 aromatic carbocycles. The molecule has 3 nitrogen and oxygen atoms in total. The van der Waals surface area contributed by atoms with Gasteiger partial charge in [-0.1, -0.05) is 0 Å². The number of methoxy groups -OCH3 is 1. The standard InChI is InChI=1S/C11H23NO2/c1-11(2,13-4)10(12-3)9-6-5-7-14-8-9/h9-10,12H,5-8H2,1-4H3. The van der Waals surface area contributed by atoms with Gasteiger partial charge in [0.2, 0.25) is 0 Å². The van der Waals surface area contributed by atoms with Gasteiger partial charge in [-0.25, -0.2) is 0 Å². The number of likely N-dealkylation sites (N-methyl/N-ethyl adjacent to an activating group) is 1. The molecule has 14 heavy (non-hydrogen) atoms. The van der Waals surface area contributed by atoms with E-state index in [9.17, 15) is 0 Å². The zero-order valence-corrected chi connectivity index (χ0v) is 9.80. The van der Waals surface area contributed by atoms with Gasteiger partial charge >= 0.3 is 0 Å². The fraction of sp³-hybridized carbons (Fsp3) is 1.00. The molecule has 2 unspecified atom stereocenters. The molecule has 1 heterocycles. The van der Waals surface area contributed by atoms with E-state index in [2.05, 4.69) is 19.2 Å². The van der Waals surface area contributed by atoms with Gasteiger partial charge in [0, 0.05) is 25.7 Å². The van der Waals surface area contributed by atoms with Gasteiger partial charge in [-0.15, -0.1) is 0 Å². The van der Waals surface area contributed by atoms with E-state index in [1.54, 1.807) is 7.11 Å². The molecule has 1 fully saturated rings. The lowest BCUT2D eigenvalue weighted by Crippen LogP contribution is -2.53. The number of nitrogens with one attached hydrogen (secondary N) is 1. The quantitative estimate of drug-likeness (QED) is 0.746. The van der Waals surface area contributed by atoms with Crippen LogP contribution in [0.15, 0.2) is 0 Å². The summed E-state index contributed by atoms with van der Waals surface area (Å²) < 4.78 is 11.0. The average Bonchev–Trinajstić information content (AvgIpc) is 2.20. The highest BCUT2D eigenvalue weighted by Crippen LogP contribution is 2.26. The maximum Gasteiger partial charge on any atom is 0.0778 e. The molecule has 1 aliphatic heterocycles. The molecule has 0 spiro atoms. The average molecular weight is 201 g/mol. The third-order valence-corrected chi connectivity index (χ3v) is 3.25. The maximum absolute atomic E-state index is 5.53. The number of hydrogen-bond acceptors (Lipinski definition) is 3. The molecule has 0 saturated carbocycles. The second-order valence-electron chi connectivity index (χ2n) is 4.55. The van der Waals surface area contributed by atoms with Crippen LogP contribution >= 0.6 is 0 Å². The Balaban J connectivity index is 2.59. The van der Waals surface area contributed by atoms with Crippen molar-refractivity contribution in [3.8, 4) is 0 Å². The van der Waals surface area contributed by atoms with Crippen LogP contribution in [0.2, 0.25) is 0 Å². The molecular formula is C11H23NO2. The van der Waals surface area contributed by atoms with Gasteiger partial charge in [-0.05, 0) is 33.7 Å². The fourth-order valence-electron chi connectivity index (χ4n) is 2.31. The van der Waals surface area contributed by atoms with Crippen LogP contribution in [0.1, 0.15) is 26.7 Å². The summed E-state index contributed by atoms with van der Waals surface area (Å²) in [5.41, 5.74) is -0.125. The molecule has 1 aliphatic rings. The van der Waals surface area contributed by atoms with Crippen LogP contribution < -0.4 is 5.32 Å².